The second kappa shape index (κ2) is 8.46. The molecule has 1 atom stereocenters. The fourth-order valence-electron chi connectivity index (χ4n) is 2.99. The van der Waals surface area contributed by atoms with E-state index in [0.29, 0.717) is 24.7 Å². The molecule has 0 radical (unpaired) electrons. The number of nitrogens with zero attached hydrogens (tertiary/aromatic N) is 3. The van der Waals surface area contributed by atoms with Crippen molar-refractivity contribution < 1.29 is 14.3 Å². The van der Waals surface area contributed by atoms with Gasteiger partial charge < -0.3 is 14.4 Å². The lowest BCUT2D eigenvalue weighted by molar-refractivity contribution is -0.130. The average Bonchev–Trinajstić information content (AvgIpc) is 3.12. The molecule has 1 aliphatic rings. The molecule has 0 bridgehead atoms. The first kappa shape index (κ1) is 17.2. The van der Waals surface area contributed by atoms with Crippen LogP contribution < -0.4 is 9.47 Å². The summed E-state index contributed by atoms with van der Waals surface area (Å²) in [5, 5.41) is 0. The molecule has 1 aliphatic heterocycles. The number of aryl methyl sites for hydroxylation is 1. The number of hydrogen-bond acceptors (Lipinski definition) is 5. The van der Waals surface area contributed by atoms with Crippen molar-refractivity contribution in [1.82, 2.24) is 14.9 Å². The second-order valence-corrected chi connectivity index (χ2v) is 6.08. The van der Waals surface area contributed by atoms with Gasteiger partial charge in [0.1, 0.15) is 6.10 Å². The fourth-order valence-corrected chi connectivity index (χ4v) is 2.99. The van der Waals surface area contributed by atoms with Crippen molar-refractivity contribution in [2.24, 2.45) is 0 Å². The number of carbonyl (C=O) groups is 1. The highest BCUT2D eigenvalue weighted by atomic mass is 16.5. The van der Waals surface area contributed by atoms with E-state index in [0.717, 1.165) is 25.8 Å². The summed E-state index contributed by atoms with van der Waals surface area (Å²) in [6.07, 6.45) is 6.21. The number of benzene rings is 1. The Labute approximate surface area is 147 Å². The molecule has 2 aromatic rings. The molecular weight excluding hydrogens is 318 g/mol. The first-order valence-electron chi connectivity index (χ1n) is 8.59. The number of rotatable bonds is 7. The van der Waals surface area contributed by atoms with Crippen LogP contribution in [0.1, 0.15) is 24.8 Å². The highest BCUT2D eigenvalue weighted by molar-refractivity contribution is 5.76. The van der Waals surface area contributed by atoms with E-state index in [1.54, 1.807) is 12.4 Å². The standard InChI is InChI=1S/C19H23N3O3/c1-24-18-19(21-12-11-20-18)25-16-10-13-22(14-16)17(23)9-5-8-15-6-3-2-4-7-15/h2-4,6-7,11-12,16H,5,8-10,13-14H2,1H3/t16-/m0/s1. The van der Waals surface area contributed by atoms with Crippen LogP contribution >= 0.6 is 0 Å². The van der Waals surface area contributed by atoms with Crippen LogP contribution in [-0.4, -0.2) is 47.1 Å². The molecule has 132 valence electrons. The smallest absolute Gasteiger partial charge is 0.278 e. The topological polar surface area (TPSA) is 64.6 Å². The summed E-state index contributed by atoms with van der Waals surface area (Å²) in [4.78, 5) is 22.5. The molecule has 0 aliphatic carbocycles. The zero-order valence-electron chi connectivity index (χ0n) is 14.4. The molecule has 1 aromatic heterocycles. The predicted molar refractivity (Wildman–Crippen MR) is 93.6 cm³/mol. The van der Waals surface area contributed by atoms with Gasteiger partial charge in [-0.3, -0.25) is 4.79 Å². The van der Waals surface area contributed by atoms with Gasteiger partial charge in [0.25, 0.3) is 11.8 Å². The van der Waals surface area contributed by atoms with E-state index in [4.69, 9.17) is 9.47 Å². The van der Waals surface area contributed by atoms with Crippen molar-refractivity contribution in [3.05, 3.63) is 48.3 Å². The number of hydrogen-bond donors (Lipinski definition) is 0. The summed E-state index contributed by atoms with van der Waals surface area (Å²) in [7, 11) is 1.54. The highest BCUT2D eigenvalue weighted by Gasteiger charge is 2.28. The van der Waals surface area contributed by atoms with Crippen molar-refractivity contribution in [2.45, 2.75) is 31.8 Å². The van der Waals surface area contributed by atoms with E-state index in [1.807, 2.05) is 23.1 Å². The summed E-state index contributed by atoms with van der Waals surface area (Å²) in [5.41, 5.74) is 1.27. The molecule has 25 heavy (non-hydrogen) atoms. The van der Waals surface area contributed by atoms with Crippen LogP contribution in [0.5, 0.6) is 11.8 Å². The van der Waals surface area contributed by atoms with E-state index in [1.165, 1.54) is 12.7 Å². The molecule has 0 unspecified atom stereocenters. The van der Waals surface area contributed by atoms with Gasteiger partial charge >= 0.3 is 0 Å². The Morgan fingerprint density at radius 2 is 1.96 bits per heavy atom. The van der Waals surface area contributed by atoms with E-state index in [9.17, 15) is 4.79 Å². The van der Waals surface area contributed by atoms with Crippen LogP contribution in [0.2, 0.25) is 0 Å². The van der Waals surface area contributed by atoms with Crippen molar-refractivity contribution >= 4 is 5.91 Å². The molecule has 2 heterocycles. The molecular formula is C19H23N3O3. The minimum absolute atomic E-state index is 0.0660. The Bertz CT molecular complexity index is 693. The Kier molecular flexibility index (Phi) is 5.82. The maximum Gasteiger partial charge on any atom is 0.278 e. The summed E-state index contributed by atoms with van der Waals surface area (Å²) in [6.45, 7) is 1.31. The average molecular weight is 341 g/mol. The van der Waals surface area contributed by atoms with E-state index < -0.39 is 0 Å². The molecule has 1 saturated heterocycles. The van der Waals surface area contributed by atoms with Crippen LogP contribution in [0, 0.1) is 0 Å². The molecule has 0 N–H and O–H groups in total. The molecule has 0 spiro atoms. The molecule has 1 amide bonds. The van der Waals surface area contributed by atoms with E-state index >= 15 is 0 Å². The normalized spacial score (nSPS) is 16.7. The third kappa shape index (κ3) is 4.68. The third-order valence-corrected chi connectivity index (χ3v) is 4.30. The van der Waals surface area contributed by atoms with Gasteiger partial charge in [0.15, 0.2) is 0 Å². The SMILES string of the molecule is COc1nccnc1O[C@H]1CCN(C(=O)CCCc2ccccc2)C1. The monoisotopic (exact) mass is 341 g/mol. The minimum atomic E-state index is -0.0660. The van der Waals surface area contributed by atoms with E-state index in [2.05, 4.69) is 22.1 Å². The summed E-state index contributed by atoms with van der Waals surface area (Å²) >= 11 is 0. The van der Waals surface area contributed by atoms with Crippen molar-refractivity contribution in [2.75, 3.05) is 20.2 Å². The Morgan fingerprint density at radius 3 is 2.72 bits per heavy atom. The van der Waals surface area contributed by atoms with Crippen LogP contribution in [0.25, 0.3) is 0 Å². The number of likely N-dealkylation sites (tertiary alicyclic amines) is 1. The molecule has 6 nitrogen and oxygen atoms in total. The zero-order chi connectivity index (χ0) is 17.5. The van der Waals surface area contributed by atoms with E-state index in [-0.39, 0.29) is 12.0 Å². The van der Waals surface area contributed by atoms with Gasteiger partial charge in [-0.2, -0.15) is 0 Å². The fraction of sp³-hybridized carbons (Fsp3) is 0.421. The Morgan fingerprint density at radius 1 is 1.20 bits per heavy atom. The lowest BCUT2D eigenvalue weighted by atomic mass is 10.1. The number of carbonyl (C=O) groups excluding carboxylic acids is 1. The highest BCUT2D eigenvalue weighted by Crippen LogP contribution is 2.24. The van der Waals surface area contributed by atoms with Gasteiger partial charge in [0.05, 0.1) is 13.7 Å². The van der Waals surface area contributed by atoms with Crippen molar-refractivity contribution in [3.63, 3.8) is 0 Å². The van der Waals surface area contributed by atoms with Gasteiger partial charge in [-0.25, -0.2) is 9.97 Å². The number of aromatic nitrogens is 2. The van der Waals surface area contributed by atoms with Crippen LogP contribution in [0.3, 0.4) is 0 Å². The van der Waals surface area contributed by atoms with Crippen LogP contribution in [-0.2, 0) is 11.2 Å². The minimum Gasteiger partial charge on any atom is -0.477 e. The maximum absolute atomic E-state index is 12.4. The van der Waals surface area contributed by atoms with Gasteiger partial charge in [0.2, 0.25) is 5.91 Å². The van der Waals surface area contributed by atoms with Crippen molar-refractivity contribution in [1.29, 1.82) is 0 Å². The Hall–Kier alpha value is -2.63. The number of methoxy groups -OCH3 is 1. The summed E-state index contributed by atoms with van der Waals surface area (Å²) in [6, 6.07) is 10.3. The second-order valence-electron chi connectivity index (χ2n) is 6.08. The van der Waals surface area contributed by atoms with Gasteiger partial charge in [-0.1, -0.05) is 30.3 Å². The first-order valence-corrected chi connectivity index (χ1v) is 8.59. The summed E-state index contributed by atoms with van der Waals surface area (Å²) < 4.78 is 11.0. The number of ether oxygens (including phenoxy) is 2. The predicted octanol–water partition coefficient (Wildman–Crippen LogP) is 2.49. The van der Waals surface area contributed by atoms with Gasteiger partial charge in [-0.15, -0.1) is 0 Å². The van der Waals surface area contributed by atoms with Crippen LogP contribution in [0.15, 0.2) is 42.7 Å². The summed E-state index contributed by atoms with van der Waals surface area (Å²) in [5.74, 6) is 0.941. The lowest BCUT2D eigenvalue weighted by Gasteiger charge is -2.17. The quantitative estimate of drug-likeness (QED) is 0.774. The Balaban J connectivity index is 1.45. The molecule has 0 saturated carbocycles. The maximum atomic E-state index is 12.4. The molecule has 1 aromatic carbocycles. The molecule has 1 fully saturated rings. The third-order valence-electron chi connectivity index (χ3n) is 4.30. The zero-order valence-corrected chi connectivity index (χ0v) is 14.4. The lowest BCUT2D eigenvalue weighted by Crippen LogP contribution is -2.31. The van der Waals surface area contributed by atoms with Gasteiger partial charge in [0, 0.05) is 31.8 Å². The molecule has 6 heteroatoms. The van der Waals surface area contributed by atoms with Gasteiger partial charge in [-0.05, 0) is 18.4 Å². The molecule has 3 rings (SSSR count). The first-order chi connectivity index (χ1) is 12.3. The van der Waals surface area contributed by atoms with Crippen molar-refractivity contribution in [3.8, 4) is 11.8 Å². The largest absolute Gasteiger partial charge is 0.477 e. The number of amides is 1. The van der Waals surface area contributed by atoms with Crippen LogP contribution in [0.4, 0.5) is 0 Å².